The van der Waals surface area contributed by atoms with Crippen molar-refractivity contribution in [1.29, 1.82) is 0 Å². The van der Waals surface area contributed by atoms with Crippen LogP contribution in [0.15, 0.2) is 34.4 Å². The highest BCUT2D eigenvalue weighted by Gasteiger charge is 2.25. The first-order valence-electron chi connectivity index (χ1n) is 11.1. The topological polar surface area (TPSA) is 132 Å². The van der Waals surface area contributed by atoms with Gasteiger partial charge in [-0.25, -0.2) is 14.1 Å². The number of amides is 1. The highest BCUT2D eigenvalue weighted by Crippen LogP contribution is 2.36. The van der Waals surface area contributed by atoms with Crippen LogP contribution in [0.2, 0.25) is 0 Å². The van der Waals surface area contributed by atoms with Gasteiger partial charge in [0, 0.05) is 36.3 Å². The van der Waals surface area contributed by atoms with Gasteiger partial charge in [0.2, 0.25) is 5.16 Å². The summed E-state index contributed by atoms with van der Waals surface area (Å²) in [5.74, 6) is -1.32. The lowest BCUT2D eigenvalue weighted by atomic mass is 9.99. The molecule has 1 saturated carbocycles. The molecule has 1 aliphatic carbocycles. The number of nitro groups is 1. The van der Waals surface area contributed by atoms with Gasteiger partial charge in [0.05, 0.1) is 10.5 Å². The molecule has 13 heteroatoms. The highest BCUT2D eigenvalue weighted by molar-refractivity contribution is 7.99. The normalized spacial score (nSPS) is 14.0. The second-order valence-electron chi connectivity index (χ2n) is 8.69. The largest absolute Gasteiger partial charge is 0.305 e. The number of benzene rings is 1. The maximum absolute atomic E-state index is 14.8. The van der Waals surface area contributed by atoms with Crippen molar-refractivity contribution in [2.24, 2.45) is 7.05 Å². The maximum Gasteiger partial charge on any atom is 0.274 e. The molecule has 0 bridgehead atoms. The first kappa shape index (κ1) is 24.7. The average molecular weight is 501 g/mol. The molecule has 0 unspecified atom stereocenters. The predicted molar refractivity (Wildman–Crippen MR) is 127 cm³/mol. The van der Waals surface area contributed by atoms with Crippen molar-refractivity contribution in [3.8, 4) is 0 Å². The average Bonchev–Trinajstić information content (AvgIpc) is 3.47. The summed E-state index contributed by atoms with van der Waals surface area (Å²) in [5, 5.41) is 25.9. The van der Waals surface area contributed by atoms with E-state index in [1.165, 1.54) is 16.8 Å². The van der Waals surface area contributed by atoms with Crippen LogP contribution in [0.25, 0.3) is 0 Å². The third-order valence-corrected chi connectivity index (χ3v) is 6.90. The van der Waals surface area contributed by atoms with Gasteiger partial charge in [-0.2, -0.15) is 0 Å². The monoisotopic (exact) mass is 500 g/mol. The van der Waals surface area contributed by atoms with E-state index in [4.69, 9.17) is 0 Å². The Kier molecular flexibility index (Phi) is 7.36. The molecular weight excluding hydrogens is 475 g/mol. The number of hydrogen-bond acceptors (Lipinski definition) is 9. The van der Waals surface area contributed by atoms with Crippen LogP contribution in [0, 0.1) is 15.9 Å². The molecule has 4 rings (SSSR count). The van der Waals surface area contributed by atoms with Gasteiger partial charge in [-0.05, 0) is 72.7 Å². The predicted octanol–water partition coefficient (Wildman–Crippen LogP) is 3.78. The number of carbonyl (C=O) groups excluding carboxylic acids is 1. The fourth-order valence-electron chi connectivity index (χ4n) is 4.12. The van der Waals surface area contributed by atoms with Crippen molar-refractivity contribution >= 4 is 29.2 Å². The first-order chi connectivity index (χ1) is 16.7. The fraction of sp³-hybridized carbons (Fsp3) is 0.409. The second-order valence-corrected chi connectivity index (χ2v) is 9.70. The van der Waals surface area contributed by atoms with Crippen LogP contribution in [0.5, 0.6) is 0 Å². The van der Waals surface area contributed by atoms with Crippen molar-refractivity contribution in [2.45, 2.75) is 48.2 Å². The number of nitrogens with one attached hydrogen (secondary N) is 1. The van der Waals surface area contributed by atoms with Gasteiger partial charge in [-0.1, -0.05) is 12.8 Å². The summed E-state index contributed by atoms with van der Waals surface area (Å²) in [6, 6.07) is 4.17. The number of nitro benzene ring substituents is 1. The lowest BCUT2D eigenvalue weighted by Crippen LogP contribution is -2.18. The van der Waals surface area contributed by atoms with E-state index in [-0.39, 0.29) is 29.5 Å². The Balaban J connectivity index is 1.69. The van der Waals surface area contributed by atoms with E-state index in [2.05, 4.69) is 25.8 Å². The maximum atomic E-state index is 14.8. The molecule has 11 nitrogen and oxygen atoms in total. The van der Waals surface area contributed by atoms with E-state index < -0.39 is 16.6 Å². The van der Waals surface area contributed by atoms with Crippen molar-refractivity contribution in [1.82, 2.24) is 30.1 Å². The van der Waals surface area contributed by atoms with Gasteiger partial charge < -0.3 is 10.2 Å². The third-order valence-electron chi connectivity index (χ3n) is 5.81. The molecule has 0 saturated heterocycles. The van der Waals surface area contributed by atoms with Gasteiger partial charge in [0.15, 0.2) is 11.6 Å². The van der Waals surface area contributed by atoms with Crippen LogP contribution >= 0.6 is 11.8 Å². The smallest absolute Gasteiger partial charge is 0.274 e. The molecule has 0 radical (unpaired) electrons. The van der Waals surface area contributed by atoms with Crippen LogP contribution < -0.4 is 5.32 Å². The number of halogens is 1. The summed E-state index contributed by atoms with van der Waals surface area (Å²) in [4.78, 5) is 30.8. The van der Waals surface area contributed by atoms with Crippen LogP contribution in [-0.4, -0.2) is 55.0 Å². The molecule has 184 valence electrons. The Morgan fingerprint density at radius 2 is 2.06 bits per heavy atom. The van der Waals surface area contributed by atoms with Crippen molar-refractivity contribution < 1.29 is 14.1 Å². The highest BCUT2D eigenvalue weighted by atomic mass is 32.2. The standard InChI is InChI=1S/C22H25FN8O3S/c1-29(2)12-15-9-19(35-22-26-27-28-30(22)3)16(10-18(15)31(33)34)21(32)25-20-17(23)8-14(11-24-20)13-6-4-5-7-13/h8-11,13H,4-7,12H2,1-3H3,(H,24,25,32). The number of aromatic nitrogens is 5. The van der Waals surface area contributed by atoms with Gasteiger partial charge in [-0.3, -0.25) is 14.9 Å². The van der Waals surface area contributed by atoms with Crippen molar-refractivity contribution in [3.63, 3.8) is 0 Å². The third kappa shape index (κ3) is 5.62. The zero-order chi connectivity index (χ0) is 25.1. The molecule has 1 amide bonds. The Morgan fingerprint density at radius 3 is 2.66 bits per heavy atom. The number of hydrogen-bond donors (Lipinski definition) is 1. The molecule has 3 aromatic rings. The Hall–Kier alpha value is -3.45. The van der Waals surface area contributed by atoms with Gasteiger partial charge in [0.1, 0.15) is 0 Å². The Bertz CT molecular complexity index is 1260. The zero-order valence-electron chi connectivity index (χ0n) is 19.6. The van der Waals surface area contributed by atoms with Crippen LogP contribution in [0.4, 0.5) is 15.9 Å². The van der Waals surface area contributed by atoms with Gasteiger partial charge >= 0.3 is 0 Å². The number of pyridine rings is 1. The molecule has 35 heavy (non-hydrogen) atoms. The van der Waals surface area contributed by atoms with E-state index in [0.717, 1.165) is 43.0 Å². The lowest BCUT2D eigenvalue weighted by Gasteiger charge is -2.15. The summed E-state index contributed by atoms with van der Waals surface area (Å²) in [6.07, 6.45) is 5.78. The number of carbonyl (C=O) groups is 1. The molecule has 0 atom stereocenters. The van der Waals surface area contributed by atoms with Crippen LogP contribution in [-0.2, 0) is 13.6 Å². The molecule has 1 N–H and O–H groups in total. The summed E-state index contributed by atoms with van der Waals surface area (Å²) >= 11 is 1.08. The SMILES string of the molecule is CN(C)Cc1cc(Sc2nnnn2C)c(C(=O)Nc2ncc(C3CCCC3)cc2F)cc1[N+](=O)[O-]. The van der Waals surface area contributed by atoms with Crippen LogP contribution in [0.3, 0.4) is 0 Å². The van der Waals surface area contributed by atoms with E-state index >= 15 is 0 Å². The molecule has 1 aliphatic rings. The molecule has 1 aromatic carbocycles. The lowest BCUT2D eigenvalue weighted by molar-refractivity contribution is -0.385. The number of rotatable bonds is 8. The summed E-state index contributed by atoms with van der Waals surface area (Å²) < 4.78 is 16.2. The molecule has 0 spiro atoms. The first-order valence-corrected chi connectivity index (χ1v) is 11.9. The molecular formula is C22H25FN8O3S. The number of nitrogens with zero attached hydrogens (tertiary/aromatic N) is 7. The molecule has 1 fully saturated rings. The fourth-order valence-corrected chi connectivity index (χ4v) is 5.02. The second kappa shape index (κ2) is 10.4. The minimum absolute atomic E-state index is 0.00623. The minimum atomic E-state index is -0.720. The molecule has 2 heterocycles. The minimum Gasteiger partial charge on any atom is -0.305 e. The van der Waals surface area contributed by atoms with Crippen molar-refractivity contribution in [3.05, 3.63) is 57.0 Å². The van der Waals surface area contributed by atoms with Gasteiger partial charge in [-0.15, -0.1) is 5.10 Å². The van der Waals surface area contributed by atoms with Crippen LogP contribution in [0.1, 0.15) is 53.1 Å². The molecule has 0 aliphatic heterocycles. The number of aryl methyl sites for hydroxylation is 1. The summed E-state index contributed by atoms with van der Waals surface area (Å²) in [5.41, 5.74) is 1.01. The van der Waals surface area contributed by atoms with E-state index in [1.807, 2.05) is 0 Å². The van der Waals surface area contributed by atoms with E-state index in [0.29, 0.717) is 15.6 Å². The van der Waals surface area contributed by atoms with E-state index in [9.17, 15) is 19.3 Å². The zero-order valence-corrected chi connectivity index (χ0v) is 20.4. The number of anilines is 1. The van der Waals surface area contributed by atoms with Crippen molar-refractivity contribution in [2.75, 3.05) is 19.4 Å². The van der Waals surface area contributed by atoms with E-state index in [1.54, 1.807) is 38.3 Å². The Labute approximate surface area is 205 Å². The summed E-state index contributed by atoms with van der Waals surface area (Å²) in [6.45, 7) is 0.279. The Morgan fingerprint density at radius 1 is 1.31 bits per heavy atom. The summed E-state index contributed by atoms with van der Waals surface area (Å²) in [7, 11) is 5.21. The van der Waals surface area contributed by atoms with Gasteiger partial charge in [0.25, 0.3) is 11.6 Å². The molecule has 2 aromatic heterocycles. The quantitative estimate of drug-likeness (QED) is 0.362. The number of tetrazole rings is 1.